The Kier molecular flexibility index (Phi) is 5.72. The molecule has 1 N–H and O–H groups in total. The second-order valence-electron chi connectivity index (χ2n) is 8.25. The molecule has 0 radical (unpaired) electrons. The Balaban J connectivity index is 1.73. The Morgan fingerprint density at radius 2 is 1.94 bits per heavy atom. The molecule has 1 aliphatic carbocycles. The van der Waals surface area contributed by atoms with E-state index in [1.807, 2.05) is 41.0 Å². The molecular formula is C24H24ClN3O5. The number of aliphatic carboxylic acids is 1. The lowest BCUT2D eigenvalue weighted by Crippen LogP contribution is -2.14. The second kappa shape index (κ2) is 8.68. The summed E-state index contributed by atoms with van der Waals surface area (Å²) in [5.74, 6) is 2.03. The van der Waals surface area contributed by atoms with Crippen LogP contribution in [-0.4, -0.2) is 40.1 Å². The number of ether oxygens (including phenoxy) is 3. The van der Waals surface area contributed by atoms with Crippen molar-refractivity contribution < 1.29 is 24.1 Å². The van der Waals surface area contributed by atoms with Crippen molar-refractivity contribution in [2.75, 3.05) is 14.2 Å². The molecule has 0 amide bonds. The van der Waals surface area contributed by atoms with E-state index < -0.39 is 18.2 Å². The van der Waals surface area contributed by atoms with Crippen molar-refractivity contribution in [2.24, 2.45) is 0 Å². The smallest absolute Gasteiger partial charge is 0.303 e. The molecule has 1 fully saturated rings. The minimum absolute atomic E-state index is 0.0602. The SMILES string of the molecule is COc1cccc([C@H]2O[C@H](CCC(=O)O)c3nnc(C4CC4)n3-c3ccc(Cl)cc32)c1OC. The quantitative estimate of drug-likeness (QED) is 0.528. The maximum atomic E-state index is 11.4. The van der Waals surface area contributed by atoms with Gasteiger partial charge in [-0.25, -0.2) is 0 Å². The summed E-state index contributed by atoms with van der Waals surface area (Å²) >= 11 is 6.44. The molecule has 172 valence electrons. The van der Waals surface area contributed by atoms with Gasteiger partial charge in [0.2, 0.25) is 0 Å². The van der Waals surface area contributed by atoms with Crippen LogP contribution in [0.1, 0.15) is 66.6 Å². The highest BCUT2D eigenvalue weighted by atomic mass is 35.5. The molecule has 33 heavy (non-hydrogen) atoms. The third kappa shape index (κ3) is 3.94. The molecule has 1 saturated carbocycles. The fraction of sp³-hybridized carbons (Fsp3) is 0.375. The van der Waals surface area contributed by atoms with Gasteiger partial charge in [0.1, 0.15) is 18.0 Å². The largest absolute Gasteiger partial charge is 0.493 e. The predicted molar refractivity (Wildman–Crippen MR) is 120 cm³/mol. The van der Waals surface area contributed by atoms with Crippen LogP contribution in [-0.2, 0) is 9.53 Å². The van der Waals surface area contributed by atoms with E-state index in [4.69, 9.17) is 25.8 Å². The van der Waals surface area contributed by atoms with Crippen LogP contribution in [0.15, 0.2) is 36.4 Å². The van der Waals surface area contributed by atoms with E-state index in [1.165, 1.54) is 0 Å². The zero-order valence-electron chi connectivity index (χ0n) is 18.3. The number of methoxy groups -OCH3 is 2. The highest BCUT2D eigenvalue weighted by molar-refractivity contribution is 6.30. The minimum atomic E-state index is -0.896. The lowest BCUT2D eigenvalue weighted by atomic mass is 9.98. The first-order valence-electron chi connectivity index (χ1n) is 10.8. The summed E-state index contributed by atoms with van der Waals surface area (Å²) in [6.07, 6.45) is 1.12. The van der Waals surface area contributed by atoms with E-state index in [-0.39, 0.29) is 12.8 Å². The molecule has 0 spiro atoms. The Morgan fingerprint density at radius 3 is 2.64 bits per heavy atom. The van der Waals surface area contributed by atoms with Crippen LogP contribution < -0.4 is 9.47 Å². The predicted octanol–water partition coefficient (Wildman–Crippen LogP) is 4.84. The van der Waals surface area contributed by atoms with Crippen LogP contribution in [0.25, 0.3) is 5.69 Å². The van der Waals surface area contributed by atoms with Gasteiger partial charge in [0.25, 0.3) is 0 Å². The van der Waals surface area contributed by atoms with Crippen LogP contribution in [0, 0.1) is 0 Å². The lowest BCUT2D eigenvalue weighted by Gasteiger charge is -2.24. The van der Waals surface area contributed by atoms with Crippen molar-refractivity contribution in [3.8, 4) is 17.2 Å². The van der Waals surface area contributed by atoms with Crippen molar-refractivity contribution in [1.29, 1.82) is 0 Å². The van der Waals surface area contributed by atoms with Crippen molar-refractivity contribution in [3.63, 3.8) is 0 Å². The lowest BCUT2D eigenvalue weighted by molar-refractivity contribution is -0.138. The molecule has 1 aromatic heterocycles. The summed E-state index contributed by atoms with van der Waals surface area (Å²) < 4.78 is 19.9. The highest BCUT2D eigenvalue weighted by Gasteiger charge is 2.38. The van der Waals surface area contributed by atoms with Gasteiger partial charge in [-0.2, -0.15) is 0 Å². The van der Waals surface area contributed by atoms with Crippen molar-refractivity contribution in [2.45, 2.75) is 43.8 Å². The van der Waals surface area contributed by atoms with E-state index in [2.05, 4.69) is 10.2 Å². The maximum Gasteiger partial charge on any atom is 0.303 e. The maximum absolute atomic E-state index is 11.4. The Bertz CT molecular complexity index is 1210. The second-order valence-corrected chi connectivity index (χ2v) is 8.69. The van der Waals surface area contributed by atoms with Crippen molar-refractivity contribution in [3.05, 3.63) is 64.2 Å². The first kappa shape index (κ1) is 21.7. The molecule has 5 rings (SSSR count). The van der Waals surface area contributed by atoms with E-state index >= 15 is 0 Å². The number of para-hydroxylation sites is 1. The van der Waals surface area contributed by atoms with Crippen molar-refractivity contribution >= 4 is 17.6 Å². The topological polar surface area (TPSA) is 95.7 Å². The Labute approximate surface area is 196 Å². The van der Waals surface area contributed by atoms with E-state index in [0.29, 0.717) is 28.3 Å². The molecule has 2 atom stereocenters. The van der Waals surface area contributed by atoms with Gasteiger partial charge in [-0.15, -0.1) is 10.2 Å². The monoisotopic (exact) mass is 469 g/mol. The Morgan fingerprint density at radius 1 is 1.15 bits per heavy atom. The molecule has 0 saturated heterocycles. The number of hydrogen-bond donors (Lipinski definition) is 1. The first-order chi connectivity index (χ1) is 16.0. The van der Waals surface area contributed by atoms with Crippen LogP contribution in [0.3, 0.4) is 0 Å². The minimum Gasteiger partial charge on any atom is -0.493 e. The van der Waals surface area contributed by atoms with Gasteiger partial charge in [-0.3, -0.25) is 9.36 Å². The molecule has 2 heterocycles. The fourth-order valence-electron chi connectivity index (χ4n) is 4.42. The van der Waals surface area contributed by atoms with Crippen molar-refractivity contribution in [1.82, 2.24) is 14.8 Å². The number of aromatic nitrogens is 3. The number of benzene rings is 2. The van der Waals surface area contributed by atoms with Crippen LogP contribution >= 0.6 is 11.6 Å². The first-order valence-corrected chi connectivity index (χ1v) is 11.2. The standard InChI is InChI=1S/C24H24ClN3O5/c1-31-18-5-3-4-15(22(18)32-2)21-16-12-14(25)8-9-17(16)28-23(13-6-7-13)26-27-24(28)19(33-21)10-11-20(29)30/h3-5,8-9,12-13,19,21H,6-7,10-11H2,1-2H3,(H,29,30)/t19-,21-/m1/s1. The van der Waals surface area contributed by atoms with Gasteiger partial charge in [0, 0.05) is 28.5 Å². The summed E-state index contributed by atoms with van der Waals surface area (Å²) in [6, 6.07) is 11.3. The molecule has 8 nitrogen and oxygen atoms in total. The number of hydrogen-bond acceptors (Lipinski definition) is 6. The van der Waals surface area contributed by atoms with Gasteiger partial charge in [-0.05, 0) is 43.5 Å². The van der Waals surface area contributed by atoms with E-state index in [9.17, 15) is 9.90 Å². The average Bonchev–Trinajstić information content (AvgIpc) is 3.59. The zero-order chi connectivity index (χ0) is 23.1. The van der Waals surface area contributed by atoms with Gasteiger partial charge in [0.05, 0.1) is 19.9 Å². The third-order valence-corrected chi connectivity index (χ3v) is 6.33. The van der Waals surface area contributed by atoms with E-state index in [0.717, 1.165) is 35.5 Å². The molecule has 1 aliphatic heterocycles. The summed E-state index contributed by atoms with van der Waals surface area (Å²) in [6.45, 7) is 0. The molecule has 3 aromatic rings. The number of carboxylic acids is 1. The molecule has 0 unspecified atom stereocenters. The average molecular weight is 470 g/mol. The van der Waals surface area contributed by atoms with Gasteiger partial charge >= 0.3 is 5.97 Å². The number of rotatable bonds is 7. The normalized spacial score (nSPS) is 19.4. The van der Waals surface area contributed by atoms with Gasteiger partial charge < -0.3 is 19.3 Å². The fourth-order valence-corrected chi connectivity index (χ4v) is 4.60. The van der Waals surface area contributed by atoms with Crippen LogP contribution in [0.2, 0.25) is 5.02 Å². The highest BCUT2D eigenvalue weighted by Crippen LogP contribution is 2.48. The molecule has 2 aliphatic rings. The van der Waals surface area contributed by atoms with Gasteiger partial charge in [-0.1, -0.05) is 23.7 Å². The summed E-state index contributed by atoms with van der Waals surface area (Å²) in [5, 5.41) is 18.9. The number of nitrogens with zero attached hydrogens (tertiary/aromatic N) is 3. The third-order valence-electron chi connectivity index (χ3n) is 6.09. The summed E-state index contributed by atoms with van der Waals surface area (Å²) in [4.78, 5) is 11.4. The molecule has 0 bridgehead atoms. The number of fused-ring (bicyclic) bond motifs is 3. The number of carbonyl (C=O) groups is 1. The molecule has 9 heteroatoms. The summed E-state index contributed by atoms with van der Waals surface area (Å²) in [7, 11) is 3.16. The van der Waals surface area contributed by atoms with Gasteiger partial charge in [0.15, 0.2) is 17.3 Å². The Hall–Kier alpha value is -3.10. The number of carboxylic acid groups (broad SMARTS) is 1. The van der Waals surface area contributed by atoms with E-state index in [1.54, 1.807) is 14.2 Å². The molecular weight excluding hydrogens is 446 g/mol. The van der Waals surface area contributed by atoms with Crippen LogP contribution in [0.5, 0.6) is 11.5 Å². The molecule has 2 aromatic carbocycles. The zero-order valence-corrected chi connectivity index (χ0v) is 19.1. The van der Waals surface area contributed by atoms with Crippen LogP contribution in [0.4, 0.5) is 0 Å². The number of halogens is 1. The summed E-state index contributed by atoms with van der Waals surface area (Å²) in [5.41, 5.74) is 2.45.